The Kier molecular flexibility index (Phi) is 1.35. The van der Waals surface area contributed by atoms with Crippen LogP contribution in [0.15, 0.2) is 0 Å². The smallest absolute Gasteiger partial charge is 0.205 e. The van der Waals surface area contributed by atoms with Crippen molar-refractivity contribution >= 4 is 17.1 Å². The van der Waals surface area contributed by atoms with E-state index >= 15 is 0 Å². The second-order valence-electron chi connectivity index (χ2n) is 1.56. The van der Waals surface area contributed by atoms with Gasteiger partial charge in [-0.25, -0.2) is 4.31 Å². The largest absolute Gasteiger partial charge is 0.286 e. The lowest BCUT2D eigenvalue weighted by atomic mass is 10.5. The molecule has 0 amide bonds. The summed E-state index contributed by atoms with van der Waals surface area (Å²) in [5.41, 5.74) is 0. The van der Waals surface area contributed by atoms with Gasteiger partial charge in [0, 0.05) is 13.0 Å². The molecule has 1 aliphatic rings. The average Bonchev–Trinajstić information content (AvgIpc) is 1.87. The molecule has 40 valence electrons. The molecule has 0 spiro atoms. The van der Waals surface area contributed by atoms with Crippen LogP contribution in [0.2, 0.25) is 0 Å². The van der Waals surface area contributed by atoms with Crippen LogP contribution < -0.4 is 0 Å². The van der Waals surface area contributed by atoms with E-state index in [1.165, 1.54) is 11.9 Å². The molecule has 0 aliphatic carbocycles. The predicted octanol–water partition coefficient (Wildman–Crippen LogP) is 0.497. The van der Waals surface area contributed by atoms with E-state index in [1.807, 2.05) is 11.4 Å². The van der Waals surface area contributed by atoms with E-state index in [1.54, 1.807) is 0 Å². The maximum Gasteiger partial charge on any atom is 0.205 e. The summed E-state index contributed by atoms with van der Waals surface area (Å²) in [7, 11) is 1.93. The van der Waals surface area contributed by atoms with Crippen molar-refractivity contribution in [3.63, 3.8) is 0 Å². The number of nitrogens with zero attached hydrogens (tertiary/aromatic N) is 1. The van der Waals surface area contributed by atoms with Gasteiger partial charge < -0.3 is 0 Å². The van der Waals surface area contributed by atoms with Crippen LogP contribution in [-0.2, 0) is 4.79 Å². The Morgan fingerprint density at radius 3 is 2.71 bits per heavy atom. The Balaban J connectivity index is 2.40. The van der Waals surface area contributed by atoms with Crippen molar-refractivity contribution in [3.8, 4) is 0 Å². The standard InChI is InChI=1S/C4H7NOS/c1-5-3-2-4(6)7-5/h2-3H2,1H3. The van der Waals surface area contributed by atoms with Crippen molar-refractivity contribution in [1.29, 1.82) is 0 Å². The number of hydrogen-bond acceptors (Lipinski definition) is 3. The van der Waals surface area contributed by atoms with Crippen LogP contribution in [-0.4, -0.2) is 23.0 Å². The molecule has 2 nitrogen and oxygen atoms in total. The van der Waals surface area contributed by atoms with Crippen LogP contribution in [0.4, 0.5) is 0 Å². The molecule has 1 rings (SSSR count). The van der Waals surface area contributed by atoms with Crippen LogP contribution in [0.5, 0.6) is 0 Å². The van der Waals surface area contributed by atoms with Crippen LogP contribution in [0.3, 0.4) is 0 Å². The summed E-state index contributed by atoms with van der Waals surface area (Å²) >= 11 is 1.31. The van der Waals surface area contributed by atoms with Crippen LogP contribution in [0.1, 0.15) is 6.42 Å². The Morgan fingerprint density at radius 2 is 2.57 bits per heavy atom. The predicted molar refractivity (Wildman–Crippen MR) is 29.8 cm³/mol. The van der Waals surface area contributed by atoms with Crippen LogP contribution >= 0.6 is 11.9 Å². The van der Waals surface area contributed by atoms with Crippen LogP contribution in [0, 0.1) is 0 Å². The molecule has 1 heterocycles. The van der Waals surface area contributed by atoms with Gasteiger partial charge in [-0.3, -0.25) is 4.79 Å². The summed E-state index contributed by atoms with van der Waals surface area (Å²) in [5, 5.41) is 0.294. The summed E-state index contributed by atoms with van der Waals surface area (Å²) < 4.78 is 1.95. The third kappa shape index (κ3) is 1.17. The van der Waals surface area contributed by atoms with Crippen molar-refractivity contribution in [3.05, 3.63) is 0 Å². The SMILES string of the molecule is CN1CCC(=O)S1. The normalized spacial score (nSPS) is 23.9. The van der Waals surface area contributed by atoms with Gasteiger partial charge >= 0.3 is 0 Å². The van der Waals surface area contributed by atoms with E-state index < -0.39 is 0 Å². The van der Waals surface area contributed by atoms with Gasteiger partial charge in [0.2, 0.25) is 5.12 Å². The Bertz CT molecular complexity index is 93.7. The molecule has 0 unspecified atom stereocenters. The van der Waals surface area contributed by atoms with E-state index in [-0.39, 0.29) is 0 Å². The highest BCUT2D eigenvalue weighted by atomic mass is 32.2. The zero-order chi connectivity index (χ0) is 5.28. The van der Waals surface area contributed by atoms with E-state index in [9.17, 15) is 4.79 Å². The zero-order valence-electron chi connectivity index (χ0n) is 4.18. The van der Waals surface area contributed by atoms with Gasteiger partial charge in [-0.15, -0.1) is 0 Å². The number of carbonyl (C=O) groups is 1. The molecule has 0 bridgehead atoms. The van der Waals surface area contributed by atoms with Crippen molar-refractivity contribution in [2.24, 2.45) is 0 Å². The van der Waals surface area contributed by atoms with E-state index in [0.29, 0.717) is 5.12 Å². The van der Waals surface area contributed by atoms with Crippen molar-refractivity contribution in [1.82, 2.24) is 4.31 Å². The van der Waals surface area contributed by atoms with Gasteiger partial charge in [0.25, 0.3) is 0 Å². The summed E-state index contributed by atoms with van der Waals surface area (Å²) in [6, 6.07) is 0. The van der Waals surface area contributed by atoms with Gasteiger partial charge in [-0.1, -0.05) is 0 Å². The average molecular weight is 117 g/mol. The molecule has 3 heteroatoms. The highest BCUT2D eigenvalue weighted by molar-refractivity contribution is 8.11. The zero-order valence-corrected chi connectivity index (χ0v) is 4.99. The first-order chi connectivity index (χ1) is 3.29. The number of rotatable bonds is 0. The van der Waals surface area contributed by atoms with Crippen molar-refractivity contribution in [2.75, 3.05) is 13.6 Å². The molecule has 0 aromatic carbocycles. The number of hydrogen-bond donors (Lipinski definition) is 0. The summed E-state index contributed by atoms with van der Waals surface area (Å²) in [6.45, 7) is 0.920. The van der Waals surface area contributed by atoms with Gasteiger partial charge in [-0.05, 0) is 19.0 Å². The van der Waals surface area contributed by atoms with Gasteiger partial charge in [-0.2, -0.15) is 0 Å². The fraction of sp³-hybridized carbons (Fsp3) is 0.750. The molecular weight excluding hydrogens is 110 g/mol. The lowest BCUT2D eigenvalue weighted by molar-refractivity contribution is -0.110. The Morgan fingerprint density at radius 1 is 1.86 bits per heavy atom. The molecule has 0 N–H and O–H groups in total. The third-order valence-electron chi connectivity index (χ3n) is 0.888. The second-order valence-corrected chi connectivity index (χ2v) is 2.83. The monoisotopic (exact) mass is 117 g/mol. The topological polar surface area (TPSA) is 20.3 Å². The highest BCUT2D eigenvalue weighted by Gasteiger charge is 2.15. The van der Waals surface area contributed by atoms with E-state index in [2.05, 4.69) is 0 Å². The quantitative estimate of drug-likeness (QED) is 0.431. The molecule has 0 radical (unpaired) electrons. The molecule has 1 aliphatic heterocycles. The molecule has 0 atom stereocenters. The maximum absolute atomic E-state index is 10.4. The minimum atomic E-state index is 0.294. The van der Waals surface area contributed by atoms with Gasteiger partial charge in [0.15, 0.2) is 0 Å². The lowest BCUT2D eigenvalue weighted by Crippen LogP contribution is -2.00. The van der Waals surface area contributed by atoms with Crippen molar-refractivity contribution in [2.45, 2.75) is 6.42 Å². The Labute approximate surface area is 47.0 Å². The van der Waals surface area contributed by atoms with E-state index in [0.717, 1.165) is 13.0 Å². The molecule has 0 aromatic rings. The molecule has 0 saturated carbocycles. The highest BCUT2D eigenvalue weighted by Crippen LogP contribution is 2.17. The first-order valence-corrected chi connectivity index (χ1v) is 2.98. The van der Waals surface area contributed by atoms with Crippen molar-refractivity contribution < 1.29 is 4.79 Å². The first-order valence-electron chi connectivity index (χ1n) is 2.21. The third-order valence-corrected chi connectivity index (χ3v) is 1.79. The molecule has 1 saturated heterocycles. The van der Waals surface area contributed by atoms with Crippen LogP contribution in [0.25, 0.3) is 0 Å². The lowest BCUT2D eigenvalue weighted by Gasteiger charge is -1.97. The molecule has 7 heavy (non-hydrogen) atoms. The summed E-state index contributed by atoms with van der Waals surface area (Å²) in [5.74, 6) is 0. The maximum atomic E-state index is 10.4. The second kappa shape index (κ2) is 1.84. The fourth-order valence-corrected chi connectivity index (χ4v) is 1.23. The molecule has 0 aromatic heterocycles. The molecule has 1 fully saturated rings. The minimum absolute atomic E-state index is 0.294. The first kappa shape index (κ1) is 5.12. The van der Waals surface area contributed by atoms with Gasteiger partial charge in [0.1, 0.15) is 0 Å². The minimum Gasteiger partial charge on any atom is -0.286 e. The number of carbonyl (C=O) groups excluding carboxylic acids is 1. The molecular formula is C4H7NOS. The fourth-order valence-electron chi connectivity index (χ4n) is 0.514. The summed E-state index contributed by atoms with van der Waals surface area (Å²) in [4.78, 5) is 10.4. The Hall–Kier alpha value is -0.0200. The summed E-state index contributed by atoms with van der Waals surface area (Å²) in [6.07, 6.45) is 0.723. The van der Waals surface area contributed by atoms with E-state index in [4.69, 9.17) is 0 Å². The van der Waals surface area contributed by atoms with Gasteiger partial charge in [0.05, 0.1) is 0 Å².